The summed E-state index contributed by atoms with van der Waals surface area (Å²) in [6, 6.07) is 3.44. The van der Waals surface area contributed by atoms with Gasteiger partial charge in [0.05, 0.1) is 12.1 Å². The van der Waals surface area contributed by atoms with Crippen molar-refractivity contribution >= 4 is 0 Å². The van der Waals surface area contributed by atoms with Crippen molar-refractivity contribution in [2.45, 2.75) is 26.0 Å². The first-order valence-electron chi connectivity index (χ1n) is 3.97. The molecule has 0 unspecified atom stereocenters. The zero-order valence-corrected chi connectivity index (χ0v) is 7.36. The molecule has 1 aromatic heterocycles. The summed E-state index contributed by atoms with van der Waals surface area (Å²) in [5.41, 5.74) is 7.52. The van der Waals surface area contributed by atoms with Crippen LogP contribution in [0.15, 0.2) is 18.3 Å². The molecule has 3 N–H and O–H groups in total. The molecular weight excluding hydrogens is 152 g/mol. The van der Waals surface area contributed by atoms with Crippen molar-refractivity contribution in [1.29, 1.82) is 0 Å². The van der Waals surface area contributed by atoms with Gasteiger partial charge in [-0.05, 0) is 25.5 Å². The molecule has 3 nitrogen and oxygen atoms in total. The Labute approximate surface area is 72.2 Å². The Morgan fingerprint density at radius 2 is 2.17 bits per heavy atom. The largest absolute Gasteiger partial charge is 0.391 e. The Kier molecular flexibility index (Phi) is 2.78. The molecule has 0 spiro atoms. The minimum atomic E-state index is -0.533. The lowest BCUT2D eigenvalue weighted by Crippen LogP contribution is -2.23. The topological polar surface area (TPSA) is 59.1 Å². The fraction of sp³-hybridized carbons (Fsp3) is 0.444. The molecule has 0 saturated carbocycles. The fourth-order valence-corrected chi connectivity index (χ4v) is 0.955. The average molecular weight is 166 g/mol. The van der Waals surface area contributed by atoms with Gasteiger partial charge in [0, 0.05) is 11.9 Å². The van der Waals surface area contributed by atoms with Gasteiger partial charge >= 0.3 is 0 Å². The van der Waals surface area contributed by atoms with Crippen LogP contribution in [0.5, 0.6) is 0 Å². The van der Waals surface area contributed by atoms with Crippen LogP contribution in [0.1, 0.15) is 24.2 Å². The molecule has 0 aliphatic heterocycles. The smallest absolute Gasteiger partial charge is 0.0705 e. The zero-order chi connectivity index (χ0) is 9.14. The van der Waals surface area contributed by atoms with Crippen molar-refractivity contribution in [2.75, 3.05) is 0 Å². The maximum absolute atomic E-state index is 9.19. The van der Waals surface area contributed by atoms with E-state index in [0.29, 0.717) is 0 Å². The van der Waals surface area contributed by atoms with Crippen molar-refractivity contribution < 1.29 is 5.11 Å². The molecule has 1 heterocycles. The van der Waals surface area contributed by atoms with Crippen molar-refractivity contribution in [3.05, 3.63) is 29.6 Å². The predicted molar refractivity (Wildman–Crippen MR) is 47.6 cm³/mol. The van der Waals surface area contributed by atoms with Gasteiger partial charge in [-0.2, -0.15) is 0 Å². The second-order valence-electron chi connectivity index (χ2n) is 3.00. The molecule has 0 aliphatic carbocycles. The first-order chi connectivity index (χ1) is 5.61. The van der Waals surface area contributed by atoms with Crippen molar-refractivity contribution in [2.24, 2.45) is 5.73 Å². The van der Waals surface area contributed by atoms with Gasteiger partial charge in [0.25, 0.3) is 0 Å². The third kappa shape index (κ3) is 2.03. The molecule has 3 heteroatoms. The monoisotopic (exact) mass is 166 g/mol. The summed E-state index contributed by atoms with van der Waals surface area (Å²) >= 11 is 0. The van der Waals surface area contributed by atoms with E-state index in [0.717, 1.165) is 11.3 Å². The SMILES string of the molecule is Cc1ccc([C@H](N)[C@H](C)O)cn1. The van der Waals surface area contributed by atoms with Crippen molar-refractivity contribution in [3.8, 4) is 0 Å². The van der Waals surface area contributed by atoms with Gasteiger partial charge in [0.2, 0.25) is 0 Å². The first kappa shape index (κ1) is 9.16. The number of aryl methyl sites for hydroxylation is 1. The summed E-state index contributed by atoms with van der Waals surface area (Å²) in [5.74, 6) is 0. The van der Waals surface area contributed by atoms with E-state index in [1.165, 1.54) is 0 Å². The average Bonchev–Trinajstić information content (AvgIpc) is 2.04. The van der Waals surface area contributed by atoms with E-state index in [9.17, 15) is 5.11 Å². The molecule has 0 amide bonds. The number of rotatable bonds is 2. The zero-order valence-electron chi connectivity index (χ0n) is 7.36. The van der Waals surface area contributed by atoms with Crippen molar-refractivity contribution in [1.82, 2.24) is 4.98 Å². The van der Waals surface area contributed by atoms with E-state index in [1.54, 1.807) is 13.1 Å². The molecule has 0 aliphatic rings. The van der Waals surface area contributed by atoms with Crippen LogP contribution in [-0.4, -0.2) is 16.2 Å². The molecule has 1 aromatic rings. The third-order valence-electron chi connectivity index (χ3n) is 1.84. The number of nitrogens with two attached hydrogens (primary N) is 1. The normalized spacial score (nSPS) is 15.7. The van der Waals surface area contributed by atoms with Gasteiger partial charge in [-0.25, -0.2) is 0 Å². The molecule has 1 rings (SSSR count). The van der Waals surface area contributed by atoms with Crippen LogP contribution >= 0.6 is 0 Å². The Morgan fingerprint density at radius 1 is 1.50 bits per heavy atom. The molecule has 0 bridgehead atoms. The number of pyridine rings is 1. The van der Waals surface area contributed by atoms with Crippen LogP contribution < -0.4 is 5.73 Å². The Bertz CT molecular complexity index is 243. The maximum Gasteiger partial charge on any atom is 0.0705 e. The summed E-state index contributed by atoms with van der Waals surface area (Å²) in [4.78, 5) is 4.09. The number of hydrogen-bond acceptors (Lipinski definition) is 3. The predicted octanol–water partition coefficient (Wildman–Crippen LogP) is 0.771. The minimum absolute atomic E-state index is 0.335. The molecule has 66 valence electrons. The highest BCUT2D eigenvalue weighted by Gasteiger charge is 2.11. The third-order valence-corrected chi connectivity index (χ3v) is 1.84. The quantitative estimate of drug-likeness (QED) is 0.682. The highest BCUT2D eigenvalue weighted by Crippen LogP contribution is 2.12. The fourth-order valence-electron chi connectivity index (χ4n) is 0.955. The molecule has 0 saturated heterocycles. The summed E-state index contributed by atoms with van der Waals surface area (Å²) < 4.78 is 0. The van der Waals surface area contributed by atoms with Gasteiger partial charge in [-0.3, -0.25) is 4.98 Å². The molecule has 2 atom stereocenters. The lowest BCUT2D eigenvalue weighted by atomic mass is 10.1. The number of aromatic nitrogens is 1. The van der Waals surface area contributed by atoms with Gasteiger partial charge in [0.15, 0.2) is 0 Å². The Morgan fingerprint density at radius 3 is 2.58 bits per heavy atom. The number of aliphatic hydroxyl groups is 1. The van der Waals surface area contributed by atoms with Crippen LogP contribution in [0.25, 0.3) is 0 Å². The Hall–Kier alpha value is -0.930. The van der Waals surface area contributed by atoms with Crippen LogP contribution in [-0.2, 0) is 0 Å². The van der Waals surface area contributed by atoms with E-state index in [1.807, 2.05) is 19.1 Å². The van der Waals surface area contributed by atoms with Gasteiger partial charge in [-0.15, -0.1) is 0 Å². The molecule has 0 radical (unpaired) electrons. The number of nitrogens with zero attached hydrogens (tertiary/aromatic N) is 1. The highest BCUT2D eigenvalue weighted by molar-refractivity contribution is 5.17. The van der Waals surface area contributed by atoms with Gasteiger partial charge in [-0.1, -0.05) is 6.07 Å². The lowest BCUT2D eigenvalue weighted by Gasteiger charge is -2.14. The molecule has 12 heavy (non-hydrogen) atoms. The molecular formula is C9H14N2O. The van der Waals surface area contributed by atoms with E-state index >= 15 is 0 Å². The lowest BCUT2D eigenvalue weighted by molar-refractivity contribution is 0.164. The first-order valence-corrected chi connectivity index (χ1v) is 3.97. The summed E-state index contributed by atoms with van der Waals surface area (Å²) in [7, 11) is 0. The molecule has 0 fully saturated rings. The Balaban J connectivity index is 2.82. The maximum atomic E-state index is 9.19. The summed E-state index contributed by atoms with van der Waals surface area (Å²) in [5, 5.41) is 9.19. The second kappa shape index (κ2) is 3.65. The second-order valence-corrected chi connectivity index (χ2v) is 3.00. The number of hydrogen-bond donors (Lipinski definition) is 2. The van der Waals surface area contributed by atoms with Crippen LogP contribution in [0, 0.1) is 6.92 Å². The minimum Gasteiger partial charge on any atom is -0.391 e. The van der Waals surface area contributed by atoms with E-state index in [-0.39, 0.29) is 6.04 Å². The summed E-state index contributed by atoms with van der Waals surface area (Å²) in [6.07, 6.45) is 1.17. The van der Waals surface area contributed by atoms with E-state index < -0.39 is 6.10 Å². The van der Waals surface area contributed by atoms with Crippen molar-refractivity contribution in [3.63, 3.8) is 0 Å². The van der Waals surface area contributed by atoms with Gasteiger partial charge in [0.1, 0.15) is 0 Å². The standard InChI is InChI=1S/C9H14N2O/c1-6-3-4-8(5-11-6)9(10)7(2)12/h3-5,7,9,12H,10H2,1-2H3/t7-,9+/m0/s1. The van der Waals surface area contributed by atoms with Gasteiger partial charge < -0.3 is 10.8 Å². The van der Waals surface area contributed by atoms with E-state index in [2.05, 4.69) is 4.98 Å². The van der Waals surface area contributed by atoms with Crippen LogP contribution in [0.4, 0.5) is 0 Å². The number of aliphatic hydroxyl groups excluding tert-OH is 1. The van der Waals surface area contributed by atoms with Crippen LogP contribution in [0.3, 0.4) is 0 Å². The highest BCUT2D eigenvalue weighted by atomic mass is 16.3. The summed E-state index contributed by atoms with van der Waals surface area (Å²) in [6.45, 7) is 3.59. The van der Waals surface area contributed by atoms with Crippen LogP contribution in [0.2, 0.25) is 0 Å². The van der Waals surface area contributed by atoms with E-state index in [4.69, 9.17) is 5.73 Å². The molecule has 0 aromatic carbocycles.